The van der Waals surface area contributed by atoms with Crippen LogP contribution in [0.15, 0.2) is 24.8 Å². The van der Waals surface area contributed by atoms with E-state index in [4.69, 9.17) is 4.55 Å². The van der Waals surface area contributed by atoms with E-state index in [0.29, 0.717) is 6.42 Å². The molecule has 0 fully saturated rings. The molecule has 1 N–H and O–H groups in total. The SMILES string of the molecule is C=CCCCCCCCC/C=C/CCCCS(=O)(=O)O. The lowest BCUT2D eigenvalue weighted by molar-refractivity contribution is 0.480. The normalized spacial score (nSPS) is 12.1. The van der Waals surface area contributed by atoms with E-state index in [1.54, 1.807) is 0 Å². The van der Waals surface area contributed by atoms with Crippen molar-refractivity contribution in [2.24, 2.45) is 0 Å². The molecule has 0 atom stereocenters. The second-order valence-corrected chi connectivity index (χ2v) is 6.81. The van der Waals surface area contributed by atoms with E-state index in [1.165, 1.54) is 38.5 Å². The molecule has 0 spiro atoms. The molecule has 20 heavy (non-hydrogen) atoms. The van der Waals surface area contributed by atoms with E-state index in [1.807, 2.05) is 6.08 Å². The van der Waals surface area contributed by atoms with Crippen LogP contribution in [0.25, 0.3) is 0 Å². The summed E-state index contributed by atoms with van der Waals surface area (Å²) in [6.45, 7) is 3.72. The zero-order chi connectivity index (χ0) is 15.1. The summed E-state index contributed by atoms with van der Waals surface area (Å²) < 4.78 is 29.5. The minimum atomic E-state index is -3.77. The van der Waals surface area contributed by atoms with Gasteiger partial charge >= 0.3 is 0 Å². The molecule has 0 saturated heterocycles. The van der Waals surface area contributed by atoms with Gasteiger partial charge in [-0.25, -0.2) is 0 Å². The van der Waals surface area contributed by atoms with Crippen molar-refractivity contribution >= 4 is 10.1 Å². The molecule has 0 saturated carbocycles. The molecule has 0 aromatic heterocycles. The third kappa shape index (κ3) is 17.4. The van der Waals surface area contributed by atoms with Crippen molar-refractivity contribution < 1.29 is 13.0 Å². The number of allylic oxidation sites excluding steroid dienone is 3. The molecule has 0 unspecified atom stereocenters. The van der Waals surface area contributed by atoms with Crippen LogP contribution in [0.4, 0.5) is 0 Å². The van der Waals surface area contributed by atoms with Crippen molar-refractivity contribution in [3.05, 3.63) is 24.8 Å². The molecule has 0 rings (SSSR count). The van der Waals surface area contributed by atoms with Crippen molar-refractivity contribution in [2.45, 2.75) is 70.6 Å². The largest absolute Gasteiger partial charge is 0.286 e. The summed E-state index contributed by atoms with van der Waals surface area (Å²) in [6, 6.07) is 0. The highest BCUT2D eigenvalue weighted by molar-refractivity contribution is 7.85. The molecule has 0 aromatic carbocycles. The van der Waals surface area contributed by atoms with Crippen LogP contribution in [0.5, 0.6) is 0 Å². The van der Waals surface area contributed by atoms with Gasteiger partial charge < -0.3 is 0 Å². The first-order valence-electron chi connectivity index (χ1n) is 7.77. The summed E-state index contributed by atoms with van der Waals surface area (Å²) in [5.41, 5.74) is 0. The molecule has 0 bridgehead atoms. The van der Waals surface area contributed by atoms with Gasteiger partial charge in [0.25, 0.3) is 10.1 Å². The molecule has 0 aliphatic carbocycles. The van der Waals surface area contributed by atoms with Crippen LogP contribution < -0.4 is 0 Å². The summed E-state index contributed by atoms with van der Waals surface area (Å²) in [5, 5.41) is 0. The van der Waals surface area contributed by atoms with Gasteiger partial charge in [-0.05, 0) is 44.9 Å². The molecule has 118 valence electrons. The highest BCUT2D eigenvalue weighted by Crippen LogP contribution is 2.09. The molecule has 0 aliphatic heterocycles. The second-order valence-electron chi connectivity index (χ2n) is 5.24. The fourth-order valence-corrected chi connectivity index (χ4v) is 2.61. The van der Waals surface area contributed by atoms with Gasteiger partial charge in [-0.3, -0.25) is 4.55 Å². The lowest BCUT2D eigenvalue weighted by Crippen LogP contribution is -2.02. The van der Waals surface area contributed by atoms with Gasteiger partial charge in [-0.15, -0.1) is 6.58 Å². The van der Waals surface area contributed by atoms with Gasteiger partial charge in [0, 0.05) is 0 Å². The van der Waals surface area contributed by atoms with Crippen LogP contribution in [0.2, 0.25) is 0 Å². The lowest BCUT2D eigenvalue weighted by Gasteiger charge is -1.99. The van der Waals surface area contributed by atoms with Crippen molar-refractivity contribution in [3.63, 3.8) is 0 Å². The van der Waals surface area contributed by atoms with Crippen LogP contribution in [0.1, 0.15) is 70.6 Å². The lowest BCUT2D eigenvalue weighted by atomic mass is 10.1. The van der Waals surface area contributed by atoms with Crippen molar-refractivity contribution in [2.75, 3.05) is 5.75 Å². The summed E-state index contributed by atoms with van der Waals surface area (Å²) in [7, 11) is -3.77. The first kappa shape index (κ1) is 19.4. The van der Waals surface area contributed by atoms with Crippen molar-refractivity contribution in [1.29, 1.82) is 0 Å². The van der Waals surface area contributed by atoms with Crippen LogP contribution in [0.3, 0.4) is 0 Å². The Labute approximate surface area is 124 Å². The number of rotatable bonds is 14. The smallest absolute Gasteiger partial charge is 0.264 e. The standard InChI is InChI=1S/C16H30O3S/c1-2-3-4-5-6-7-8-9-10-11-12-13-14-15-16-20(17,18)19/h2,11-12H,1,3-10,13-16H2,(H,17,18,19)/b12-11+. The Morgan fingerprint density at radius 2 is 1.20 bits per heavy atom. The highest BCUT2D eigenvalue weighted by atomic mass is 32.2. The number of hydrogen-bond acceptors (Lipinski definition) is 2. The Hall–Kier alpha value is -0.610. The first-order chi connectivity index (χ1) is 9.56. The van der Waals surface area contributed by atoms with Crippen LogP contribution in [-0.2, 0) is 10.1 Å². The topological polar surface area (TPSA) is 54.4 Å². The summed E-state index contributed by atoms with van der Waals surface area (Å²) in [5.74, 6) is -0.118. The van der Waals surface area contributed by atoms with Gasteiger partial charge in [0.2, 0.25) is 0 Å². The van der Waals surface area contributed by atoms with Crippen LogP contribution in [-0.4, -0.2) is 18.7 Å². The number of unbranched alkanes of at least 4 members (excludes halogenated alkanes) is 9. The van der Waals surface area contributed by atoms with E-state index < -0.39 is 10.1 Å². The summed E-state index contributed by atoms with van der Waals surface area (Å²) in [4.78, 5) is 0. The van der Waals surface area contributed by atoms with Gasteiger partial charge in [-0.1, -0.05) is 43.9 Å². The molecule has 0 amide bonds. The Kier molecular flexibility index (Phi) is 13.0. The molecule has 3 nitrogen and oxygen atoms in total. The van der Waals surface area contributed by atoms with Gasteiger partial charge in [0.05, 0.1) is 5.75 Å². The fourth-order valence-electron chi connectivity index (χ4n) is 2.04. The maximum absolute atomic E-state index is 10.5. The maximum Gasteiger partial charge on any atom is 0.264 e. The predicted molar refractivity (Wildman–Crippen MR) is 86.5 cm³/mol. The monoisotopic (exact) mass is 302 g/mol. The molecule has 0 radical (unpaired) electrons. The Bertz CT molecular complexity index is 345. The fraction of sp³-hybridized carbons (Fsp3) is 0.750. The molecule has 0 aromatic rings. The van der Waals surface area contributed by atoms with Crippen LogP contribution >= 0.6 is 0 Å². The zero-order valence-electron chi connectivity index (χ0n) is 12.6. The third-order valence-corrected chi connectivity index (χ3v) is 4.02. The summed E-state index contributed by atoms with van der Waals surface area (Å²) >= 11 is 0. The molecular formula is C16H30O3S. The molecule has 0 heterocycles. The first-order valence-corrected chi connectivity index (χ1v) is 9.38. The van der Waals surface area contributed by atoms with E-state index in [0.717, 1.165) is 25.7 Å². The van der Waals surface area contributed by atoms with Crippen molar-refractivity contribution in [1.82, 2.24) is 0 Å². The minimum Gasteiger partial charge on any atom is -0.286 e. The summed E-state index contributed by atoms with van der Waals surface area (Å²) in [6.07, 6.45) is 18.6. The van der Waals surface area contributed by atoms with E-state index >= 15 is 0 Å². The molecule has 0 aliphatic rings. The average molecular weight is 302 g/mol. The maximum atomic E-state index is 10.5. The quantitative estimate of drug-likeness (QED) is 0.282. The Morgan fingerprint density at radius 1 is 0.750 bits per heavy atom. The van der Waals surface area contributed by atoms with Crippen molar-refractivity contribution in [3.8, 4) is 0 Å². The van der Waals surface area contributed by atoms with E-state index in [2.05, 4.69) is 18.7 Å². The van der Waals surface area contributed by atoms with Gasteiger partial charge in [0.15, 0.2) is 0 Å². The molecule has 4 heteroatoms. The number of hydrogen-bond donors (Lipinski definition) is 1. The molecular weight excluding hydrogens is 272 g/mol. The van der Waals surface area contributed by atoms with Crippen LogP contribution in [0, 0.1) is 0 Å². The average Bonchev–Trinajstić information content (AvgIpc) is 2.38. The Morgan fingerprint density at radius 3 is 1.70 bits per heavy atom. The predicted octanol–water partition coefficient (Wildman–Crippen LogP) is 4.91. The Balaban J connectivity index is 3.18. The van der Waals surface area contributed by atoms with Gasteiger partial charge in [-0.2, -0.15) is 8.42 Å². The third-order valence-electron chi connectivity index (χ3n) is 3.22. The second kappa shape index (κ2) is 13.4. The van der Waals surface area contributed by atoms with Gasteiger partial charge in [0.1, 0.15) is 0 Å². The highest BCUT2D eigenvalue weighted by Gasteiger charge is 2.01. The zero-order valence-corrected chi connectivity index (χ0v) is 13.4. The van der Waals surface area contributed by atoms with E-state index in [-0.39, 0.29) is 5.75 Å². The van der Waals surface area contributed by atoms with E-state index in [9.17, 15) is 8.42 Å². The minimum absolute atomic E-state index is 0.118.